The molecule has 1 fully saturated rings. The number of aliphatic carboxylic acids is 3. The minimum atomic E-state index is -1.21. The summed E-state index contributed by atoms with van der Waals surface area (Å²) in [6.07, 6.45) is 0.994. The first-order chi connectivity index (χ1) is 18.1. The summed E-state index contributed by atoms with van der Waals surface area (Å²) >= 11 is 0. The number of likely N-dealkylation sites (tertiary alicyclic amines) is 1. The molecule has 0 aliphatic carbocycles. The Morgan fingerprint density at radius 3 is 2.23 bits per heavy atom. The van der Waals surface area contributed by atoms with Crippen molar-refractivity contribution in [2.45, 2.75) is 77.0 Å². The number of Topliss-reactive ketones (excluding diaryl/α,β-unsaturated/α-hetero) is 1. The van der Waals surface area contributed by atoms with E-state index in [4.69, 9.17) is 15.9 Å². The van der Waals surface area contributed by atoms with Crippen molar-refractivity contribution in [3.8, 4) is 0 Å². The monoisotopic (exact) mass is 592 g/mol. The van der Waals surface area contributed by atoms with Crippen LogP contribution in [-0.4, -0.2) is 104 Å². The van der Waals surface area contributed by atoms with Crippen molar-refractivity contribution in [2.75, 3.05) is 24.6 Å². The van der Waals surface area contributed by atoms with E-state index in [0.717, 1.165) is 0 Å². The highest BCUT2D eigenvalue weighted by atomic mass is 33.1. The van der Waals surface area contributed by atoms with E-state index in [1.54, 1.807) is 27.7 Å². The maximum atomic E-state index is 12.8. The normalized spacial score (nSPS) is 18.6. The first-order valence-electron chi connectivity index (χ1n) is 12.6. The number of ketones is 1. The third-order valence-corrected chi connectivity index (χ3v) is 9.33. The van der Waals surface area contributed by atoms with Gasteiger partial charge in [0.25, 0.3) is 0 Å². The van der Waals surface area contributed by atoms with Crippen LogP contribution in [0, 0.1) is 11.8 Å². The molecule has 1 saturated heterocycles. The standard InChI is InChI=1S/C24H40N4O9S2/c1-13(21(33)28-9-5-6-17(28)23(36)37)11-38-39-12-16(20(32)26-10-19(30)31)27-24(3,4)14(2)18(29)8-7-15(25)22(34)35/h13-17,27H,5-12,25H2,1-4H3,(H,26,32)(H,30,31)(H,34,35)(H,36,37)/t13-,14?,15+,16+,17+/m1/s1. The SMILES string of the molecule is CC(C(=O)CC[C@H](N)C(=O)O)C(C)(C)N[C@@H](CSSC[C@@H](C)C(=O)N1CCC[C@H]1C(=O)O)C(=O)NCC(=O)O. The summed E-state index contributed by atoms with van der Waals surface area (Å²) in [5.74, 6) is -4.97. The lowest BCUT2D eigenvalue weighted by Crippen LogP contribution is -2.58. The van der Waals surface area contributed by atoms with Crippen molar-refractivity contribution in [3.05, 3.63) is 0 Å². The fourth-order valence-corrected chi connectivity index (χ4v) is 6.50. The number of carboxylic acid groups (broad SMARTS) is 3. The van der Waals surface area contributed by atoms with Crippen LogP contribution in [0.15, 0.2) is 0 Å². The Kier molecular flexibility index (Phi) is 14.3. The van der Waals surface area contributed by atoms with E-state index >= 15 is 0 Å². The molecule has 1 aliphatic rings. The van der Waals surface area contributed by atoms with Crippen LogP contribution < -0.4 is 16.4 Å². The third kappa shape index (κ3) is 11.3. The van der Waals surface area contributed by atoms with Crippen LogP contribution >= 0.6 is 21.6 Å². The third-order valence-electron chi connectivity index (χ3n) is 6.74. The fraction of sp³-hybridized carbons (Fsp3) is 0.750. The number of hydrogen-bond donors (Lipinski definition) is 6. The Bertz CT molecular complexity index is 918. The molecule has 1 heterocycles. The summed E-state index contributed by atoms with van der Waals surface area (Å²) < 4.78 is 0. The van der Waals surface area contributed by atoms with Gasteiger partial charge in [0, 0.05) is 41.8 Å². The topological polar surface area (TPSA) is 216 Å². The fourth-order valence-electron chi connectivity index (χ4n) is 3.99. The summed E-state index contributed by atoms with van der Waals surface area (Å²) in [6, 6.07) is -2.85. The van der Waals surface area contributed by atoms with E-state index in [0.29, 0.717) is 25.1 Å². The highest BCUT2D eigenvalue weighted by Gasteiger charge is 2.37. The summed E-state index contributed by atoms with van der Waals surface area (Å²) in [4.78, 5) is 72.9. The molecule has 13 nitrogen and oxygen atoms in total. The van der Waals surface area contributed by atoms with Crippen molar-refractivity contribution in [1.29, 1.82) is 0 Å². The number of nitrogens with zero attached hydrogens (tertiary/aromatic N) is 1. The highest BCUT2D eigenvalue weighted by molar-refractivity contribution is 8.76. The van der Waals surface area contributed by atoms with Crippen LogP contribution in [0.5, 0.6) is 0 Å². The largest absolute Gasteiger partial charge is 0.480 e. The van der Waals surface area contributed by atoms with Crippen LogP contribution in [0.2, 0.25) is 0 Å². The number of nitrogens with one attached hydrogen (secondary N) is 2. The van der Waals surface area contributed by atoms with Crippen molar-refractivity contribution >= 4 is 57.1 Å². The molecule has 5 atom stereocenters. The minimum absolute atomic E-state index is 0.0227. The van der Waals surface area contributed by atoms with Crippen molar-refractivity contribution in [3.63, 3.8) is 0 Å². The van der Waals surface area contributed by atoms with Gasteiger partial charge in [-0.25, -0.2) is 4.79 Å². The number of carbonyl (C=O) groups is 6. The maximum absolute atomic E-state index is 12.8. The van der Waals surface area contributed by atoms with Gasteiger partial charge in [-0.05, 0) is 33.1 Å². The Morgan fingerprint density at radius 1 is 1.05 bits per heavy atom. The van der Waals surface area contributed by atoms with Gasteiger partial charge in [0.1, 0.15) is 24.4 Å². The molecule has 222 valence electrons. The molecule has 1 unspecified atom stereocenters. The van der Waals surface area contributed by atoms with Crippen molar-refractivity contribution in [1.82, 2.24) is 15.5 Å². The lowest BCUT2D eigenvalue weighted by atomic mass is 9.83. The molecule has 2 amide bonds. The Hall–Kier alpha value is -2.36. The molecule has 7 N–H and O–H groups in total. The summed E-state index contributed by atoms with van der Waals surface area (Å²) in [5, 5.41) is 32.7. The van der Waals surface area contributed by atoms with E-state index < -0.39 is 65.9 Å². The second kappa shape index (κ2) is 16.0. The molecular formula is C24H40N4O9S2. The van der Waals surface area contributed by atoms with Crippen LogP contribution in [0.4, 0.5) is 0 Å². The van der Waals surface area contributed by atoms with Crippen LogP contribution in [0.1, 0.15) is 53.4 Å². The van der Waals surface area contributed by atoms with Gasteiger partial charge in [-0.3, -0.25) is 29.3 Å². The first-order valence-corrected chi connectivity index (χ1v) is 15.1. The smallest absolute Gasteiger partial charge is 0.326 e. The Balaban J connectivity index is 2.76. The van der Waals surface area contributed by atoms with Crippen LogP contribution in [0.3, 0.4) is 0 Å². The van der Waals surface area contributed by atoms with Crippen molar-refractivity contribution in [2.24, 2.45) is 17.6 Å². The molecule has 1 rings (SSSR count). The summed E-state index contributed by atoms with van der Waals surface area (Å²) in [7, 11) is 2.62. The number of nitrogens with two attached hydrogens (primary N) is 1. The quantitative estimate of drug-likeness (QED) is 0.0940. The molecule has 15 heteroatoms. The van der Waals surface area contributed by atoms with E-state index in [1.165, 1.54) is 26.5 Å². The molecule has 0 aromatic carbocycles. The zero-order valence-corrected chi connectivity index (χ0v) is 24.3. The number of hydrogen-bond acceptors (Lipinski definition) is 10. The maximum Gasteiger partial charge on any atom is 0.326 e. The molecule has 0 aromatic heterocycles. The van der Waals surface area contributed by atoms with Gasteiger partial charge in [-0.2, -0.15) is 0 Å². The predicted molar refractivity (Wildman–Crippen MR) is 147 cm³/mol. The molecular weight excluding hydrogens is 552 g/mol. The first kappa shape index (κ1) is 34.7. The summed E-state index contributed by atoms with van der Waals surface area (Å²) in [5.41, 5.74) is 4.58. The average Bonchev–Trinajstić information content (AvgIpc) is 3.36. The molecule has 0 spiro atoms. The lowest BCUT2D eigenvalue weighted by Gasteiger charge is -2.35. The van der Waals surface area contributed by atoms with Crippen molar-refractivity contribution < 1.29 is 44.1 Å². The van der Waals surface area contributed by atoms with Gasteiger partial charge in [0.15, 0.2) is 0 Å². The van der Waals surface area contributed by atoms with E-state index in [-0.39, 0.29) is 30.3 Å². The number of amides is 2. The minimum Gasteiger partial charge on any atom is -0.480 e. The number of carbonyl (C=O) groups excluding carboxylic acids is 3. The van der Waals surface area contributed by atoms with E-state index in [2.05, 4.69) is 10.6 Å². The van der Waals surface area contributed by atoms with Gasteiger partial charge in [-0.1, -0.05) is 35.4 Å². The molecule has 0 saturated carbocycles. The Morgan fingerprint density at radius 2 is 1.67 bits per heavy atom. The molecule has 0 aromatic rings. The highest BCUT2D eigenvalue weighted by Crippen LogP contribution is 2.29. The zero-order valence-electron chi connectivity index (χ0n) is 22.7. The molecule has 0 bridgehead atoms. The second-order valence-corrected chi connectivity index (χ2v) is 12.8. The van der Waals surface area contributed by atoms with Gasteiger partial charge >= 0.3 is 17.9 Å². The van der Waals surface area contributed by atoms with Gasteiger partial charge in [0.2, 0.25) is 11.8 Å². The van der Waals surface area contributed by atoms with Gasteiger partial charge in [-0.15, -0.1) is 0 Å². The molecule has 39 heavy (non-hydrogen) atoms. The number of carboxylic acids is 3. The van der Waals surface area contributed by atoms with E-state index in [9.17, 15) is 33.9 Å². The lowest BCUT2D eigenvalue weighted by molar-refractivity contribution is -0.149. The molecule has 1 aliphatic heterocycles. The Labute approximate surface area is 235 Å². The predicted octanol–water partition coefficient (Wildman–Crippen LogP) is 0.414. The number of rotatable bonds is 18. The summed E-state index contributed by atoms with van der Waals surface area (Å²) in [6.45, 7) is 6.64. The van der Waals surface area contributed by atoms with E-state index in [1.807, 2.05) is 0 Å². The second-order valence-electron chi connectivity index (χ2n) is 10.2. The van der Waals surface area contributed by atoms with Gasteiger partial charge in [0.05, 0.1) is 6.04 Å². The van der Waals surface area contributed by atoms with Crippen LogP contribution in [-0.2, 0) is 28.8 Å². The van der Waals surface area contributed by atoms with Crippen LogP contribution in [0.25, 0.3) is 0 Å². The zero-order chi connectivity index (χ0) is 29.9. The molecule has 0 radical (unpaired) electrons. The average molecular weight is 593 g/mol. The van der Waals surface area contributed by atoms with Gasteiger partial charge < -0.3 is 31.3 Å².